The molecule has 0 saturated heterocycles. The van der Waals surface area contributed by atoms with Crippen molar-refractivity contribution >= 4 is 6.29 Å². The second kappa shape index (κ2) is 2.80. The number of hydrogen-bond donors (Lipinski definition) is 0. The van der Waals surface area contributed by atoms with Crippen LogP contribution in [0.4, 0.5) is 0 Å². The van der Waals surface area contributed by atoms with Gasteiger partial charge in [0, 0.05) is 4.11 Å². The summed E-state index contributed by atoms with van der Waals surface area (Å²) >= 11 is 0. The molecule has 11 heavy (non-hydrogen) atoms. The van der Waals surface area contributed by atoms with Gasteiger partial charge in [0.15, 0.2) is 0 Å². The Balaban J connectivity index is 3.21. The molecule has 0 N–H and O–H groups in total. The summed E-state index contributed by atoms with van der Waals surface area (Å²) in [6, 6.07) is 0. The fraction of sp³-hybridized carbons (Fsp3) is 0.700. The molecule has 0 bridgehead atoms. The van der Waals surface area contributed by atoms with Crippen molar-refractivity contribution in [3.8, 4) is 0 Å². The fourth-order valence-corrected chi connectivity index (χ4v) is 1.68. The highest BCUT2D eigenvalue weighted by atomic mass is 16.1. The van der Waals surface area contributed by atoms with Gasteiger partial charge in [-0.15, -0.1) is 0 Å². The molecule has 0 aromatic rings. The molecule has 0 amide bonds. The van der Waals surface area contributed by atoms with Crippen molar-refractivity contribution in [2.75, 3.05) is 0 Å². The Kier molecular flexibility index (Phi) is 1.31. The van der Waals surface area contributed by atoms with Crippen molar-refractivity contribution in [2.45, 2.75) is 40.0 Å². The molecule has 0 aromatic heterocycles. The first-order valence-corrected chi connectivity index (χ1v) is 3.98. The highest BCUT2D eigenvalue weighted by Crippen LogP contribution is 2.38. The quantitative estimate of drug-likeness (QED) is 0.421. The van der Waals surface area contributed by atoms with Crippen LogP contribution < -0.4 is 0 Å². The summed E-state index contributed by atoms with van der Waals surface area (Å²) < 4.78 is 22.5. The van der Waals surface area contributed by atoms with E-state index in [0.29, 0.717) is 12.0 Å². The third-order valence-electron chi connectivity index (χ3n) is 2.40. The molecular weight excluding hydrogens is 137 g/mol. The van der Waals surface area contributed by atoms with Gasteiger partial charge in [0.05, 0.1) is 0 Å². The fourth-order valence-electron chi connectivity index (χ4n) is 1.68. The molecule has 0 aliphatic heterocycles. The van der Waals surface area contributed by atoms with Crippen molar-refractivity contribution in [3.63, 3.8) is 0 Å². The summed E-state index contributed by atoms with van der Waals surface area (Å²) in [6.45, 7) is 1.45. The molecule has 62 valence electrons. The van der Waals surface area contributed by atoms with Crippen LogP contribution >= 0.6 is 0 Å². The lowest BCUT2D eigenvalue weighted by atomic mass is 9.77. The van der Waals surface area contributed by atoms with Gasteiger partial charge in [-0.1, -0.05) is 19.3 Å². The van der Waals surface area contributed by atoms with Crippen LogP contribution in [-0.2, 0) is 4.79 Å². The summed E-state index contributed by atoms with van der Waals surface area (Å²) in [6.07, 6.45) is 3.01. The molecule has 1 aliphatic carbocycles. The van der Waals surface area contributed by atoms with E-state index in [9.17, 15) is 4.79 Å². The summed E-state index contributed by atoms with van der Waals surface area (Å²) in [5.41, 5.74) is 0.491. The number of hydrogen-bond acceptors (Lipinski definition) is 1. The van der Waals surface area contributed by atoms with Crippen LogP contribution in [0.1, 0.15) is 44.1 Å². The lowest BCUT2D eigenvalue weighted by molar-refractivity contribution is -0.106. The first-order chi connectivity index (χ1) is 6.33. The van der Waals surface area contributed by atoms with E-state index in [4.69, 9.17) is 4.11 Å². The van der Waals surface area contributed by atoms with E-state index in [1.54, 1.807) is 6.92 Å². The van der Waals surface area contributed by atoms with Gasteiger partial charge in [0.25, 0.3) is 0 Å². The molecule has 0 heterocycles. The average molecular weight is 156 g/mol. The zero-order valence-electron chi connectivity index (χ0n) is 10.1. The Labute approximate surface area is 72.7 Å². The molecular formula is C10H16O. The summed E-state index contributed by atoms with van der Waals surface area (Å²) in [5, 5.41) is 0. The maximum atomic E-state index is 10.9. The van der Waals surface area contributed by atoms with E-state index >= 15 is 0 Å². The third kappa shape index (κ3) is 1.52. The predicted molar refractivity (Wildman–Crippen MR) is 46.4 cm³/mol. The smallest absolute Gasteiger partial charge is 0.146 e. The second-order valence-electron chi connectivity index (χ2n) is 3.50. The van der Waals surface area contributed by atoms with Gasteiger partial charge in [-0.25, -0.2) is 0 Å². The number of aldehydes is 1. The van der Waals surface area contributed by atoms with E-state index in [0.717, 1.165) is 24.7 Å². The van der Waals surface area contributed by atoms with Crippen LogP contribution in [0.2, 0.25) is 0 Å². The molecule has 0 aromatic carbocycles. The Morgan fingerprint density at radius 2 is 2.45 bits per heavy atom. The Morgan fingerprint density at radius 3 is 2.91 bits per heavy atom. The van der Waals surface area contributed by atoms with Crippen molar-refractivity contribution < 1.29 is 8.91 Å². The Bertz CT molecular complexity index is 278. The van der Waals surface area contributed by atoms with Crippen molar-refractivity contribution in [2.24, 2.45) is 5.41 Å². The molecule has 0 spiro atoms. The third-order valence-corrected chi connectivity index (χ3v) is 2.40. The Hall–Kier alpha value is -0.590. The van der Waals surface area contributed by atoms with E-state index < -0.39 is 12.3 Å². The van der Waals surface area contributed by atoms with Crippen molar-refractivity contribution in [3.05, 3.63) is 11.1 Å². The molecule has 1 nitrogen and oxygen atoms in total. The van der Waals surface area contributed by atoms with Crippen LogP contribution in [-0.4, -0.2) is 6.29 Å². The maximum Gasteiger partial charge on any atom is 0.146 e. The van der Waals surface area contributed by atoms with Gasteiger partial charge in [-0.05, 0) is 37.2 Å². The molecule has 1 aliphatic rings. The molecule has 1 unspecified atom stereocenters. The van der Waals surface area contributed by atoms with Gasteiger partial charge in [-0.2, -0.15) is 0 Å². The zero-order valence-corrected chi connectivity index (χ0v) is 7.11. The zero-order chi connectivity index (χ0) is 11.0. The molecule has 0 fully saturated rings. The lowest BCUT2D eigenvalue weighted by Crippen LogP contribution is -2.21. The van der Waals surface area contributed by atoms with Gasteiger partial charge < -0.3 is 0 Å². The van der Waals surface area contributed by atoms with Gasteiger partial charge in [0.1, 0.15) is 6.29 Å². The summed E-state index contributed by atoms with van der Waals surface area (Å²) in [5.74, 6) is 0. The van der Waals surface area contributed by atoms with E-state index in [-0.39, 0.29) is 0 Å². The molecule has 1 heteroatoms. The van der Waals surface area contributed by atoms with Gasteiger partial charge in [0.2, 0.25) is 0 Å². The average Bonchev–Trinajstić information content (AvgIpc) is 2.02. The standard InChI is InChI=1S/C10H16O/c1-8-5-4-6-10(2,3)9(8)7-11/h7H,4-6H2,1-3H3/i2+1D3. The van der Waals surface area contributed by atoms with Crippen LogP contribution in [0.3, 0.4) is 0 Å². The predicted octanol–water partition coefficient (Wildman–Crippen LogP) is 2.71. The topological polar surface area (TPSA) is 17.1 Å². The molecule has 1 rings (SSSR count). The summed E-state index contributed by atoms with van der Waals surface area (Å²) in [7, 11) is 0. The number of carbonyl (C=O) groups excluding carboxylic acids is 1. The maximum absolute atomic E-state index is 10.9. The molecule has 0 radical (unpaired) electrons. The van der Waals surface area contributed by atoms with Crippen LogP contribution in [0.5, 0.6) is 0 Å². The first-order valence-electron chi connectivity index (χ1n) is 5.48. The number of rotatable bonds is 1. The largest absolute Gasteiger partial charge is 0.298 e. The SMILES string of the molecule is [2H][13C]([2H])([2H])C1(C)CCCC(C)=C1C=O. The number of allylic oxidation sites excluding steroid dienone is 2. The normalized spacial score (nSPS) is 37.5. The van der Waals surface area contributed by atoms with Crippen LogP contribution in [0.15, 0.2) is 11.1 Å². The highest BCUT2D eigenvalue weighted by molar-refractivity contribution is 5.76. The highest BCUT2D eigenvalue weighted by Gasteiger charge is 2.27. The molecule has 0 saturated carbocycles. The minimum Gasteiger partial charge on any atom is -0.298 e. The van der Waals surface area contributed by atoms with E-state index in [2.05, 4.69) is 0 Å². The van der Waals surface area contributed by atoms with E-state index in [1.807, 2.05) is 6.92 Å². The van der Waals surface area contributed by atoms with E-state index in [1.165, 1.54) is 0 Å². The van der Waals surface area contributed by atoms with Crippen molar-refractivity contribution in [1.29, 1.82) is 0 Å². The van der Waals surface area contributed by atoms with Gasteiger partial charge in [-0.3, -0.25) is 4.79 Å². The minimum absolute atomic E-state index is 0.490. The molecule has 1 atom stereocenters. The Morgan fingerprint density at radius 1 is 1.73 bits per heavy atom. The van der Waals surface area contributed by atoms with Gasteiger partial charge >= 0.3 is 0 Å². The number of carbonyl (C=O) groups is 1. The van der Waals surface area contributed by atoms with Crippen molar-refractivity contribution in [1.82, 2.24) is 0 Å². The minimum atomic E-state index is -2.08. The second-order valence-corrected chi connectivity index (χ2v) is 3.50. The monoisotopic (exact) mass is 156 g/mol. The van der Waals surface area contributed by atoms with Crippen LogP contribution in [0, 0.1) is 5.41 Å². The lowest BCUT2D eigenvalue weighted by Gasteiger charge is -2.31. The summed E-state index contributed by atoms with van der Waals surface area (Å²) in [4.78, 5) is 10.9. The first kappa shape index (κ1) is 5.13. The van der Waals surface area contributed by atoms with Crippen LogP contribution in [0.25, 0.3) is 0 Å².